The first-order valence-corrected chi connectivity index (χ1v) is 9.17. The SMILES string of the molecule is CCNC(CCC1CCCCC1)c1ccc(Br)c(Cl)c1F. The van der Waals surface area contributed by atoms with Gasteiger partial charge in [0.15, 0.2) is 0 Å². The van der Waals surface area contributed by atoms with Crippen molar-refractivity contribution >= 4 is 27.5 Å². The van der Waals surface area contributed by atoms with Crippen LogP contribution in [-0.2, 0) is 0 Å². The Morgan fingerprint density at radius 3 is 2.71 bits per heavy atom. The van der Waals surface area contributed by atoms with Crippen LogP contribution in [0.15, 0.2) is 16.6 Å². The fraction of sp³-hybridized carbons (Fsp3) is 0.647. The third-order valence-electron chi connectivity index (χ3n) is 4.48. The third-order valence-corrected chi connectivity index (χ3v) is 5.74. The molecule has 1 aromatic rings. The highest BCUT2D eigenvalue weighted by Crippen LogP contribution is 2.34. The first-order chi connectivity index (χ1) is 10.1. The van der Waals surface area contributed by atoms with Crippen LogP contribution >= 0.6 is 27.5 Å². The van der Waals surface area contributed by atoms with Crippen LogP contribution in [0.2, 0.25) is 5.02 Å². The molecule has 1 aliphatic rings. The van der Waals surface area contributed by atoms with Gasteiger partial charge in [0.2, 0.25) is 0 Å². The van der Waals surface area contributed by atoms with Crippen LogP contribution in [-0.4, -0.2) is 6.54 Å². The lowest BCUT2D eigenvalue weighted by atomic mass is 9.84. The maximum Gasteiger partial charge on any atom is 0.147 e. The summed E-state index contributed by atoms with van der Waals surface area (Å²) in [6.07, 6.45) is 8.91. The molecule has 1 unspecified atom stereocenters. The quantitative estimate of drug-likeness (QED) is 0.578. The molecule has 0 aromatic heterocycles. The van der Waals surface area contributed by atoms with Crippen molar-refractivity contribution in [1.29, 1.82) is 0 Å². The minimum absolute atomic E-state index is 0.0579. The Morgan fingerprint density at radius 1 is 1.33 bits per heavy atom. The molecular formula is C17H24BrClFN. The average molecular weight is 377 g/mol. The molecule has 21 heavy (non-hydrogen) atoms. The molecule has 4 heteroatoms. The summed E-state index contributed by atoms with van der Waals surface area (Å²) < 4.78 is 15.0. The molecule has 0 bridgehead atoms. The molecule has 0 radical (unpaired) electrons. The van der Waals surface area contributed by atoms with Crippen LogP contribution in [0.25, 0.3) is 0 Å². The molecule has 0 saturated heterocycles. The normalized spacial score (nSPS) is 17.9. The molecule has 1 aliphatic carbocycles. The summed E-state index contributed by atoms with van der Waals surface area (Å²) in [6.45, 7) is 2.90. The van der Waals surface area contributed by atoms with Gasteiger partial charge in [-0.15, -0.1) is 0 Å². The van der Waals surface area contributed by atoms with E-state index in [0.717, 1.165) is 18.9 Å². The maximum atomic E-state index is 14.4. The van der Waals surface area contributed by atoms with Crippen molar-refractivity contribution < 1.29 is 4.39 Å². The molecule has 118 valence electrons. The Labute approximate surface area is 140 Å². The predicted molar refractivity (Wildman–Crippen MR) is 91.3 cm³/mol. The van der Waals surface area contributed by atoms with Gasteiger partial charge in [-0.05, 0) is 47.3 Å². The third kappa shape index (κ3) is 4.67. The Balaban J connectivity index is 2.05. The molecular weight excluding hydrogens is 353 g/mol. The Hall–Kier alpha value is -0.120. The molecule has 0 aliphatic heterocycles. The van der Waals surface area contributed by atoms with Gasteiger partial charge >= 0.3 is 0 Å². The van der Waals surface area contributed by atoms with Gasteiger partial charge in [0.25, 0.3) is 0 Å². The highest BCUT2D eigenvalue weighted by atomic mass is 79.9. The Bertz CT molecular complexity index is 460. The summed E-state index contributed by atoms with van der Waals surface area (Å²) in [5, 5.41) is 3.60. The average Bonchev–Trinajstić information content (AvgIpc) is 2.51. The second kappa shape index (κ2) is 8.50. The monoisotopic (exact) mass is 375 g/mol. The molecule has 1 fully saturated rings. The molecule has 1 saturated carbocycles. The lowest BCUT2D eigenvalue weighted by Crippen LogP contribution is -2.23. The summed E-state index contributed by atoms with van der Waals surface area (Å²) >= 11 is 9.30. The molecule has 1 atom stereocenters. The first kappa shape index (κ1) is 17.2. The molecule has 1 N–H and O–H groups in total. The van der Waals surface area contributed by atoms with Crippen LogP contribution in [0.5, 0.6) is 0 Å². The zero-order chi connectivity index (χ0) is 15.2. The minimum Gasteiger partial charge on any atom is -0.310 e. The fourth-order valence-corrected chi connectivity index (χ4v) is 3.78. The van der Waals surface area contributed by atoms with Gasteiger partial charge in [0, 0.05) is 16.1 Å². The predicted octanol–water partition coefficient (Wildman–Crippen LogP) is 6.25. The van der Waals surface area contributed by atoms with E-state index >= 15 is 0 Å². The molecule has 1 aromatic carbocycles. The largest absolute Gasteiger partial charge is 0.310 e. The number of rotatable bonds is 6. The van der Waals surface area contributed by atoms with Gasteiger partial charge in [0.05, 0.1) is 5.02 Å². The molecule has 0 spiro atoms. The van der Waals surface area contributed by atoms with Crippen molar-refractivity contribution in [2.75, 3.05) is 6.54 Å². The number of nitrogens with one attached hydrogen (secondary N) is 1. The van der Waals surface area contributed by atoms with Gasteiger partial charge in [-0.1, -0.05) is 56.7 Å². The second-order valence-electron chi connectivity index (χ2n) is 5.96. The van der Waals surface area contributed by atoms with E-state index < -0.39 is 0 Å². The summed E-state index contributed by atoms with van der Waals surface area (Å²) in [6, 6.07) is 3.74. The van der Waals surface area contributed by atoms with E-state index in [2.05, 4.69) is 28.2 Å². The highest BCUT2D eigenvalue weighted by Gasteiger charge is 2.21. The van der Waals surface area contributed by atoms with Gasteiger partial charge in [-0.3, -0.25) is 0 Å². The topological polar surface area (TPSA) is 12.0 Å². The van der Waals surface area contributed by atoms with Gasteiger partial charge in [-0.2, -0.15) is 0 Å². The minimum atomic E-state index is -0.291. The van der Waals surface area contributed by atoms with Crippen molar-refractivity contribution in [2.45, 2.75) is 57.9 Å². The standard InChI is InChI=1S/C17H24BrClFN/c1-2-21-15(11-8-12-6-4-3-5-7-12)13-9-10-14(18)16(19)17(13)20/h9-10,12,15,21H,2-8,11H2,1H3. The van der Waals surface area contributed by atoms with Gasteiger partial charge in [-0.25, -0.2) is 4.39 Å². The Kier molecular flexibility index (Phi) is 6.97. The van der Waals surface area contributed by atoms with Crippen LogP contribution in [0.1, 0.15) is 63.5 Å². The van der Waals surface area contributed by atoms with Crippen LogP contribution in [0, 0.1) is 11.7 Å². The molecule has 1 nitrogen and oxygen atoms in total. The zero-order valence-corrected chi connectivity index (χ0v) is 14.9. The van der Waals surface area contributed by atoms with Crippen LogP contribution in [0.3, 0.4) is 0 Å². The van der Waals surface area contributed by atoms with E-state index in [1.54, 1.807) is 0 Å². The van der Waals surface area contributed by atoms with Gasteiger partial charge in [0.1, 0.15) is 5.82 Å². The van der Waals surface area contributed by atoms with Crippen molar-refractivity contribution in [1.82, 2.24) is 5.32 Å². The number of benzene rings is 1. The first-order valence-electron chi connectivity index (χ1n) is 8.00. The maximum absolute atomic E-state index is 14.4. The van der Waals surface area contributed by atoms with Gasteiger partial charge < -0.3 is 5.32 Å². The fourth-order valence-electron chi connectivity index (χ4n) is 3.30. The summed E-state index contributed by atoms with van der Waals surface area (Å²) in [5.41, 5.74) is 0.695. The van der Waals surface area contributed by atoms with Crippen molar-refractivity contribution in [3.8, 4) is 0 Å². The van der Waals surface area contributed by atoms with E-state index in [1.165, 1.54) is 38.5 Å². The van der Waals surface area contributed by atoms with Crippen molar-refractivity contribution in [3.63, 3.8) is 0 Å². The smallest absolute Gasteiger partial charge is 0.147 e. The highest BCUT2D eigenvalue weighted by molar-refractivity contribution is 9.10. The van der Waals surface area contributed by atoms with E-state index in [0.29, 0.717) is 10.0 Å². The summed E-state index contributed by atoms with van der Waals surface area (Å²) in [4.78, 5) is 0. The number of hydrogen-bond donors (Lipinski definition) is 1. The zero-order valence-electron chi connectivity index (χ0n) is 12.6. The number of halogens is 3. The molecule has 0 amide bonds. The van der Waals surface area contributed by atoms with Crippen molar-refractivity contribution in [2.24, 2.45) is 5.92 Å². The summed E-state index contributed by atoms with van der Waals surface area (Å²) in [5.74, 6) is 0.523. The van der Waals surface area contributed by atoms with Crippen LogP contribution < -0.4 is 5.32 Å². The van der Waals surface area contributed by atoms with Crippen molar-refractivity contribution in [3.05, 3.63) is 33.0 Å². The molecule has 0 heterocycles. The van der Waals surface area contributed by atoms with E-state index in [-0.39, 0.29) is 16.9 Å². The lowest BCUT2D eigenvalue weighted by Gasteiger charge is -2.25. The lowest BCUT2D eigenvalue weighted by molar-refractivity contribution is 0.313. The van der Waals surface area contributed by atoms with Crippen LogP contribution in [0.4, 0.5) is 4.39 Å². The van der Waals surface area contributed by atoms with E-state index in [1.807, 2.05) is 12.1 Å². The molecule has 2 rings (SSSR count). The second-order valence-corrected chi connectivity index (χ2v) is 7.19. The summed E-state index contributed by atoms with van der Waals surface area (Å²) in [7, 11) is 0. The van der Waals surface area contributed by atoms with E-state index in [4.69, 9.17) is 11.6 Å². The van der Waals surface area contributed by atoms with E-state index in [9.17, 15) is 4.39 Å². The number of hydrogen-bond acceptors (Lipinski definition) is 1. The Morgan fingerprint density at radius 2 is 2.05 bits per heavy atom.